The molecular weight excluding hydrogens is 312 g/mol. The fourth-order valence-electron chi connectivity index (χ4n) is 2.47. The second kappa shape index (κ2) is 8.36. The van der Waals surface area contributed by atoms with Gasteiger partial charge in [-0.25, -0.2) is 0 Å². The van der Waals surface area contributed by atoms with Gasteiger partial charge in [-0.2, -0.15) is 0 Å². The Hall–Kier alpha value is -1.11. The van der Waals surface area contributed by atoms with Crippen molar-refractivity contribution in [2.24, 2.45) is 0 Å². The van der Waals surface area contributed by atoms with Crippen LogP contribution in [0.3, 0.4) is 0 Å². The molecule has 1 N–H and O–H groups in total. The Morgan fingerprint density at radius 2 is 2.19 bits per heavy atom. The van der Waals surface area contributed by atoms with E-state index >= 15 is 0 Å². The molecule has 1 aromatic rings. The van der Waals surface area contributed by atoms with Gasteiger partial charge in [0.15, 0.2) is 0 Å². The lowest BCUT2D eigenvalue weighted by Gasteiger charge is -2.29. The van der Waals surface area contributed by atoms with E-state index in [1.54, 1.807) is 16.2 Å². The highest BCUT2D eigenvalue weighted by atomic mass is 35.5. The molecule has 0 aromatic carbocycles. The first-order chi connectivity index (χ1) is 9.60. The fraction of sp³-hybridized carbons (Fsp3) is 0.571. The van der Waals surface area contributed by atoms with Crippen LogP contribution in [0, 0.1) is 0 Å². The Kier molecular flexibility index (Phi) is 7.14. The van der Waals surface area contributed by atoms with Gasteiger partial charge >= 0.3 is 5.97 Å². The van der Waals surface area contributed by atoms with Gasteiger partial charge in [-0.3, -0.25) is 14.5 Å². The van der Waals surface area contributed by atoms with Crippen LogP contribution >= 0.6 is 23.7 Å². The van der Waals surface area contributed by atoms with E-state index in [9.17, 15) is 9.59 Å². The van der Waals surface area contributed by atoms with Crippen LogP contribution in [0.1, 0.15) is 23.8 Å². The Labute approximate surface area is 135 Å². The molecule has 0 saturated heterocycles. The van der Waals surface area contributed by atoms with Crippen molar-refractivity contribution in [1.82, 2.24) is 9.80 Å². The number of carboxylic acids is 1. The average molecular weight is 333 g/mol. The molecule has 0 bridgehead atoms. The van der Waals surface area contributed by atoms with Gasteiger partial charge < -0.3 is 10.0 Å². The maximum atomic E-state index is 12.3. The predicted octanol–water partition coefficient (Wildman–Crippen LogP) is 1.85. The van der Waals surface area contributed by atoms with Crippen LogP contribution in [0.4, 0.5) is 0 Å². The fourth-order valence-corrected chi connectivity index (χ4v) is 3.36. The van der Waals surface area contributed by atoms with Crippen molar-refractivity contribution in [3.8, 4) is 0 Å². The van der Waals surface area contributed by atoms with Crippen LogP contribution in [0.25, 0.3) is 0 Å². The summed E-state index contributed by atoms with van der Waals surface area (Å²) in [5.74, 6) is -0.860. The van der Waals surface area contributed by atoms with Crippen molar-refractivity contribution < 1.29 is 14.7 Å². The van der Waals surface area contributed by atoms with Crippen molar-refractivity contribution in [3.05, 3.63) is 21.9 Å². The molecule has 1 aromatic heterocycles. The molecule has 21 heavy (non-hydrogen) atoms. The lowest BCUT2D eigenvalue weighted by Crippen LogP contribution is -2.44. The van der Waals surface area contributed by atoms with Gasteiger partial charge in [0.1, 0.15) is 0 Å². The number of thiophene rings is 1. The number of halogens is 1. The predicted molar refractivity (Wildman–Crippen MR) is 85.1 cm³/mol. The molecule has 0 atom stereocenters. The second-order valence-electron chi connectivity index (χ2n) is 5.04. The maximum Gasteiger partial charge on any atom is 0.317 e. The molecule has 7 heteroatoms. The molecule has 2 rings (SSSR count). The SMILES string of the molecule is CCCN(CC(=O)O)CC(=O)N1CCc2sccc2C1.Cl. The van der Waals surface area contributed by atoms with Crippen molar-refractivity contribution in [1.29, 1.82) is 0 Å². The highest BCUT2D eigenvalue weighted by Gasteiger charge is 2.23. The van der Waals surface area contributed by atoms with Crippen molar-refractivity contribution in [2.45, 2.75) is 26.3 Å². The average Bonchev–Trinajstić information content (AvgIpc) is 2.85. The summed E-state index contributed by atoms with van der Waals surface area (Å²) in [5.41, 5.74) is 1.23. The summed E-state index contributed by atoms with van der Waals surface area (Å²) in [6.45, 7) is 4.13. The normalized spacial score (nSPS) is 13.7. The first kappa shape index (κ1) is 17.9. The topological polar surface area (TPSA) is 60.9 Å². The van der Waals surface area contributed by atoms with Crippen LogP contribution in [-0.2, 0) is 22.6 Å². The van der Waals surface area contributed by atoms with E-state index in [1.807, 2.05) is 11.8 Å². The highest BCUT2D eigenvalue weighted by Crippen LogP contribution is 2.24. The largest absolute Gasteiger partial charge is 0.480 e. The van der Waals surface area contributed by atoms with E-state index in [4.69, 9.17) is 5.11 Å². The van der Waals surface area contributed by atoms with E-state index < -0.39 is 5.97 Å². The molecule has 0 saturated carbocycles. The zero-order valence-corrected chi connectivity index (χ0v) is 13.7. The summed E-state index contributed by atoms with van der Waals surface area (Å²) in [6.07, 6.45) is 1.75. The Morgan fingerprint density at radius 3 is 2.86 bits per heavy atom. The second-order valence-corrected chi connectivity index (χ2v) is 6.04. The lowest BCUT2D eigenvalue weighted by atomic mass is 10.1. The minimum atomic E-state index is -0.884. The van der Waals surface area contributed by atoms with Crippen LogP contribution in [0.5, 0.6) is 0 Å². The van der Waals surface area contributed by atoms with Gasteiger partial charge in [-0.1, -0.05) is 6.92 Å². The molecule has 0 unspecified atom stereocenters. The molecule has 0 spiro atoms. The molecule has 1 amide bonds. The standard InChI is InChI=1S/C14H20N2O3S.ClH/c1-2-5-15(10-14(18)19)9-13(17)16-6-3-12-11(8-16)4-7-20-12;/h4,7H,2-3,5-6,8-10H2,1H3,(H,18,19);1H. The zero-order valence-electron chi connectivity index (χ0n) is 12.1. The third kappa shape index (κ3) is 4.98. The molecule has 0 fully saturated rings. The van der Waals surface area contributed by atoms with Gasteiger partial charge in [-0.05, 0) is 36.4 Å². The first-order valence-corrected chi connectivity index (χ1v) is 7.75. The molecular formula is C14H21ClN2O3S. The van der Waals surface area contributed by atoms with Gasteiger partial charge in [0, 0.05) is 18.0 Å². The molecule has 0 aliphatic carbocycles. The number of hydrogen-bond acceptors (Lipinski definition) is 4. The number of fused-ring (bicyclic) bond motifs is 1. The van der Waals surface area contributed by atoms with Gasteiger partial charge in [0.2, 0.25) is 5.91 Å². The minimum absolute atomic E-state index is 0. The maximum absolute atomic E-state index is 12.3. The van der Waals surface area contributed by atoms with Crippen LogP contribution < -0.4 is 0 Å². The van der Waals surface area contributed by atoms with E-state index in [0.29, 0.717) is 13.1 Å². The van der Waals surface area contributed by atoms with Crippen molar-refractivity contribution in [2.75, 3.05) is 26.2 Å². The number of amides is 1. The van der Waals surface area contributed by atoms with Crippen molar-refractivity contribution >= 4 is 35.6 Å². The molecule has 1 aliphatic heterocycles. The summed E-state index contributed by atoms with van der Waals surface area (Å²) in [5, 5.41) is 10.9. The third-order valence-electron chi connectivity index (χ3n) is 3.42. The number of rotatable bonds is 6. The van der Waals surface area contributed by atoms with E-state index in [2.05, 4.69) is 11.4 Å². The number of carbonyl (C=O) groups excluding carboxylic acids is 1. The Balaban J connectivity index is 0.00000220. The quantitative estimate of drug-likeness (QED) is 0.863. The summed E-state index contributed by atoms with van der Waals surface area (Å²) in [6, 6.07) is 2.07. The molecule has 1 aliphatic rings. The summed E-state index contributed by atoms with van der Waals surface area (Å²) in [4.78, 5) is 28.0. The van der Waals surface area contributed by atoms with Crippen molar-refractivity contribution in [3.63, 3.8) is 0 Å². The van der Waals surface area contributed by atoms with E-state index in [0.717, 1.165) is 19.4 Å². The van der Waals surface area contributed by atoms with Crippen LogP contribution in [0.2, 0.25) is 0 Å². The number of nitrogens with zero attached hydrogens (tertiary/aromatic N) is 2. The van der Waals surface area contributed by atoms with E-state index in [-0.39, 0.29) is 31.4 Å². The van der Waals surface area contributed by atoms with Gasteiger partial charge in [-0.15, -0.1) is 23.7 Å². The number of carboxylic acid groups (broad SMARTS) is 1. The number of hydrogen-bond donors (Lipinski definition) is 1. The molecule has 5 nitrogen and oxygen atoms in total. The summed E-state index contributed by atoms with van der Waals surface area (Å²) in [7, 11) is 0. The molecule has 118 valence electrons. The summed E-state index contributed by atoms with van der Waals surface area (Å²) < 4.78 is 0. The van der Waals surface area contributed by atoms with Gasteiger partial charge in [0.25, 0.3) is 0 Å². The monoisotopic (exact) mass is 332 g/mol. The van der Waals surface area contributed by atoms with E-state index in [1.165, 1.54) is 10.4 Å². The number of carbonyl (C=O) groups is 2. The first-order valence-electron chi connectivity index (χ1n) is 6.87. The lowest BCUT2D eigenvalue weighted by molar-refractivity contribution is -0.140. The zero-order chi connectivity index (χ0) is 14.5. The highest BCUT2D eigenvalue weighted by molar-refractivity contribution is 7.10. The van der Waals surface area contributed by atoms with Gasteiger partial charge in [0.05, 0.1) is 13.1 Å². The Morgan fingerprint density at radius 1 is 1.43 bits per heavy atom. The Bertz CT molecular complexity index is 492. The summed E-state index contributed by atoms with van der Waals surface area (Å²) >= 11 is 1.74. The van der Waals surface area contributed by atoms with Crippen LogP contribution in [0.15, 0.2) is 11.4 Å². The number of aliphatic carboxylic acids is 1. The third-order valence-corrected chi connectivity index (χ3v) is 4.44. The minimum Gasteiger partial charge on any atom is -0.480 e. The smallest absolute Gasteiger partial charge is 0.317 e. The molecule has 2 heterocycles. The molecule has 0 radical (unpaired) electrons. The van der Waals surface area contributed by atoms with Crippen LogP contribution in [-0.4, -0.2) is 53.0 Å².